The lowest BCUT2D eigenvalue weighted by molar-refractivity contribution is -0.244. The minimum absolute atomic E-state index is 0.0604. The fourth-order valence-electron chi connectivity index (χ4n) is 4.07. The zero-order chi connectivity index (χ0) is 16.5. The van der Waals surface area contributed by atoms with Crippen molar-refractivity contribution in [3.05, 3.63) is 0 Å². The Labute approximate surface area is 142 Å². The molecule has 0 spiro atoms. The summed E-state index contributed by atoms with van der Waals surface area (Å²) in [6.45, 7) is 5.60. The average Bonchev–Trinajstić information content (AvgIpc) is 2.61. The number of hydrogen-bond acceptors (Lipinski definition) is 3. The zero-order valence-corrected chi connectivity index (χ0v) is 15.2. The van der Waals surface area contributed by atoms with E-state index in [9.17, 15) is 5.26 Å². The van der Waals surface area contributed by atoms with Crippen LogP contribution < -0.4 is 0 Å². The van der Waals surface area contributed by atoms with Crippen molar-refractivity contribution < 1.29 is 9.47 Å². The number of unbranched alkanes of at least 4 members (excludes halogenated alkanes) is 3. The average molecular weight is 322 g/mol. The SMILES string of the molecule is CCCCC[C@]1(C#N)CO[C@@H]([C@H]2CC[C@H](CCCC)CC2)OC1. The van der Waals surface area contributed by atoms with Gasteiger partial charge in [0.05, 0.1) is 19.3 Å². The van der Waals surface area contributed by atoms with E-state index in [1.54, 1.807) is 0 Å². The van der Waals surface area contributed by atoms with Gasteiger partial charge in [-0.3, -0.25) is 0 Å². The van der Waals surface area contributed by atoms with Crippen molar-refractivity contribution >= 4 is 0 Å². The summed E-state index contributed by atoms with van der Waals surface area (Å²) in [4.78, 5) is 0. The standard InChI is InChI=1S/C20H35NO2/c1-3-5-7-13-20(14-21)15-22-19(23-16-20)18-11-9-17(10-12-18)8-6-4-2/h17-19H,3-13,15-16H2,1-2H3/t17-,18-,19-,20+. The van der Waals surface area contributed by atoms with Gasteiger partial charge < -0.3 is 9.47 Å². The fourth-order valence-corrected chi connectivity index (χ4v) is 4.07. The predicted octanol–water partition coefficient (Wildman–Crippen LogP) is 5.45. The van der Waals surface area contributed by atoms with Gasteiger partial charge in [-0.2, -0.15) is 5.26 Å². The summed E-state index contributed by atoms with van der Waals surface area (Å²) in [6.07, 6.45) is 13.5. The van der Waals surface area contributed by atoms with Gasteiger partial charge in [-0.1, -0.05) is 52.4 Å². The molecule has 0 aromatic carbocycles. The Hall–Kier alpha value is -0.590. The van der Waals surface area contributed by atoms with Gasteiger partial charge in [0.2, 0.25) is 0 Å². The summed E-state index contributed by atoms with van der Waals surface area (Å²) in [5.74, 6) is 1.46. The van der Waals surface area contributed by atoms with Crippen LogP contribution in [-0.4, -0.2) is 19.5 Å². The van der Waals surface area contributed by atoms with Crippen LogP contribution in [0.2, 0.25) is 0 Å². The highest BCUT2D eigenvalue weighted by Gasteiger charge is 2.40. The third kappa shape index (κ3) is 5.47. The largest absolute Gasteiger partial charge is 0.351 e. The molecule has 0 radical (unpaired) electrons. The van der Waals surface area contributed by atoms with Gasteiger partial charge in [-0.15, -0.1) is 0 Å². The first-order valence-corrected chi connectivity index (χ1v) is 9.87. The van der Waals surface area contributed by atoms with Crippen molar-refractivity contribution in [2.75, 3.05) is 13.2 Å². The van der Waals surface area contributed by atoms with Gasteiger partial charge in [-0.25, -0.2) is 0 Å². The van der Waals surface area contributed by atoms with Crippen LogP contribution in [0.5, 0.6) is 0 Å². The highest BCUT2D eigenvalue weighted by molar-refractivity contribution is 5.00. The van der Waals surface area contributed by atoms with Crippen molar-refractivity contribution in [1.82, 2.24) is 0 Å². The van der Waals surface area contributed by atoms with E-state index in [0.29, 0.717) is 19.1 Å². The van der Waals surface area contributed by atoms with E-state index < -0.39 is 5.41 Å². The first kappa shape index (κ1) is 18.7. The maximum absolute atomic E-state index is 9.54. The molecule has 1 saturated carbocycles. The summed E-state index contributed by atoms with van der Waals surface area (Å²) < 4.78 is 12.1. The Bertz CT molecular complexity index is 360. The number of nitrogens with zero attached hydrogens (tertiary/aromatic N) is 1. The monoisotopic (exact) mass is 321 g/mol. The molecule has 3 nitrogen and oxygen atoms in total. The van der Waals surface area contributed by atoms with Gasteiger partial charge in [-0.05, 0) is 38.0 Å². The van der Waals surface area contributed by atoms with Gasteiger partial charge >= 0.3 is 0 Å². The van der Waals surface area contributed by atoms with E-state index in [4.69, 9.17) is 9.47 Å². The molecule has 0 amide bonds. The lowest BCUT2D eigenvalue weighted by Gasteiger charge is -2.40. The smallest absolute Gasteiger partial charge is 0.160 e. The molecule has 2 aliphatic rings. The zero-order valence-electron chi connectivity index (χ0n) is 15.2. The molecule has 0 bridgehead atoms. The third-order valence-corrected chi connectivity index (χ3v) is 5.79. The number of hydrogen-bond donors (Lipinski definition) is 0. The summed E-state index contributed by atoms with van der Waals surface area (Å²) in [6, 6.07) is 2.48. The maximum Gasteiger partial charge on any atom is 0.160 e. The summed E-state index contributed by atoms with van der Waals surface area (Å²) >= 11 is 0. The van der Waals surface area contributed by atoms with Crippen molar-refractivity contribution in [1.29, 1.82) is 5.26 Å². The molecule has 2 rings (SSSR count). The van der Waals surface area contributed by atoms with Crippen molar-refractivity contribution in [3.8, 4) is 6.07 Å². The second-order valence-corrected chi connectivity index (χ2v) is 7.76. The number of rotatable bonds is 8. The molecule has 1 saturated heterocycles. The van der Waals surface area contributed by atoms with E-state index in [2.05, 4.69) is 19.9 Å². The number of ether oxygens (including phenoxy) is 2. The van der Waals surface area contributed by atoms with E-state index >= 15 is 0 Å². The molecular formula is C20H35NO2. The predicted molar refractivity (Wildman–Crippen MR) is 92.9 cm³/mol. The van der Waals surface area contributed by atoms with Crippen LogP contribution in [0.15, 0.2) is 0 Å². The van der Waals surface area contributed by atoms with Crippen molar-refractivity contribution in [2.45, 2.75) is 90.8 Å². The van der Waals surface area contributed by atoms with Crippen LogP contribution in [0.25, 0.3) is 0 Å². The molecule has 1 aliphatic carbocycles. The topological polar surface area (TPSA) is 42.2 Å². The molecule has 1 heterocycles. The van der Waals surface area contributed by atoms with Crippen molar-refractivity contribution in [3.63, 3.8) is 0 Å². The van der Waals surface area contributed by atoms with E-state index in [0.717, 1.165) is 18.8 Å². The van der Waals surface area contributed by atoms with Crippen LogP contribution in [0.3, 0.4) is 0 Å². The van der Waals surface area contributed by atoms with Gasteiger partial charge in [0.15, 0.2) is 6.29 Å². The molecule has 2 fully saturated rings. The van der Waals surface area contributed by atoms with E-state index in [-0.39, 0.29) is 6.29 Å². The lowest BCUT2D eigenvalue weighted by atomic mass is 9.79. The van der Waals surface area contributed by atoms with Crippen LogP contribution in [-0.2, 0) is 9.47 Å². The molecule has 0 N–H and O–H groups in total. The van der Waals surface area contributed by atoms with E-state index in [1.807, 2.05) is 0 Å². The molecule has 0 atom stereocenters. The Morgan fingerprint density at radius 2 is 1.61 bits per heavy atom. The third-order valence-electron chi connectivity index (χ3n) is 5.79. The minimum Gasteiger partial charge on any atom is -0.351 e. The first-order valence-electron chi connectivity index (χ1n) is 9.87. The highest BCUT2D eigenvalue weighted by atomic mass is 16.7. The molecule has 1 aliphatic heterocycles. The summed E-state index contributed by atoms with van der Waals surface area (Å²) in [5.41, 5.74) is -0.399. The summed E-state index contributed by atoms with van der Waals surface area (Å²) in [5, 5.41) is 9.54. The Morgan fingerprint density at radius 3 is 2.17 bits per heavy atom. The Morgan fingerprint density at radius 1 is 0.957 bits per heavy atom. The normalized spacial score (nSPS) is 34.9. The second kappa shape index (κ2) is 9.64. The quantitative estimate of drug-likeness (QED) is 0.558. The molecule has 132 valence electrons. The number of nitriles is 1. The molecule has 0 unspecified atom stereocenters. The molecule has 23 heavy (non-hydrogen) atoms. The van der Waals surface area contributed by atoms with Gasteiger partial charge in [0, 0.05) is 5.92 Å². The Kier molecular flexibility index (Phi) is 7.86. The molecule has 0 aromatic rings. The van der Waals surface area contributed by atoms with Gasteiger partial charge in [0.1, 0.15) is 5.41 Å². The highest BCUT2D eigenvalue weighted by Crippen LogP contribution is 2.38. The minimum atomic E-state index is -0.399. The molecular weight excluding hydrogens is 286 g/mol. The molecule has 0 aromatic heterocycles. The van der Waals surface area contributed by atoms with E-state index in [1.165, 1.54) is 57.8 Å². The molecule has 3 heteroatoms. The van der Waals surface area contributed by atoms with Crippen LogP contribution in [0.4, 0.5) is 0 Å². The second-order valence-electron chi connectivity index (χ2n) is 7.76. The van der Waals surface area contributed by atoms with Crippen LogP contribution in [0.1, 0.15) is 84.5 Å². The van der Waals surface area contributed by atoms with Gasteiger partial charge in [0.25, 0.3) is 0 Å². The first-order chi connectivity index (χ1) is 11.2. The maximum atomic E-state index is 9.54. The van der Waals surface area contributed by atoms with Crippen LogP contribution in [0, 0.1) is 28.6 Å². The van der Waals surface area contributed by atoms with Crippen molar-refractivity contribution in [2.24, 2.45) is 17.3 Å². The Balaban J connectivity index is 1.73. The summed E-state index contributed by atoms with van der Waals surface area (Å²) in [7, 11) is 0. The van der Waals surface area contributed by atoms with Crippen LogP contribution >= 0.6 is 0 Å². The fraction of sp³-hybridized carbons (Fsp3) is 0.950. The lowest BCUT2D eigenvalue weighted by Crippen LogP contribution is -2.44.